The fourth-order valence-corrected chi connectivity index (χ4v) is 3.63. The zero-order valence-electron chi connectivity index (χ0n) is 16.8. The third-order valence-electron chi connectivity index (χ3n) is 4.99. The van der Waals surface area contributed by atoms with Gasteiger partial charge in [-0.3, -0.25) is 4.79 Å². The van der Waals surface area contributed by atoms with Crippen molar-refractivity contribution >= 4 is 21.8 Å². The van der Waals surface area contributed by atoms with Crippen LogP contribution in [0.3, 0.4) is 0 Å². The van der Waals surface area contributed by atoms with E-state index in [1.54, 1.807) is 37.3 Å². The minimum atomic E-state index is -1.35. The first-order chi connectivity index (χ1) is 14.8. The maximum atomic E-state index is 14.5. The molecule has 0 unspecified atom stereocenters. The molecule has 31 heavy (non-hydrogen) atoms. The molecule has 1 aliphatic rings. The standard InChI is InChI=1S/C21H18BrFN6O2/c1-12(26-19(30)14-7-15(9-16(22)8-14)21(23)5-6-21)18-27-20(31-2)28-29(18)17-4-3-13(10-24)11-25-17/h3-4,7-9,11-12H,5-6H2,1-2H3,(H,26,30)/t12-/m0/s1. The summed E-state index contributed by atoms with van der Waals surface area (Å²) in [6, 6.07) is 9.71. The lowest BCUT2D eigenvalue weighted by molar-refractivity contribution is 0.0937. The predicted octanol–water partition coefficient (Wildman–Crippen LogP) is 3.75. The summed E-state index contributed by atoms with van der Waals surface area (Å²) in [7, 11) is 1.44. The highest BCUT2D eigenvalue weighted by molar-refractivity contribution is 9.10. The van der Waals surface area contributed by atoms with Gasteiger partial charge in [-0.05, 0) is 55.7 Å². The summed E-state index contributed by atoms with van der Waals surface area (Å²) in [6.45, 7) is 1.75. The van der Waals surface area contributed by atoms with Gasteiger partial charge in [0.15, 0.2) is 11.6 Å². The van der Waals surface area contributed by atoms with Crippen LogP contribution in [0.1, 0.15) is 53.1 Å². The molecule has 158 valence electrons. The van der Waals surface area contributed by atoms with Gasteiger partial charge in [0.1, 0.15) is 11.7 Å². The molecular weight excluding hydrogens is 467 g/mol. The van der Waals surface area contributed by atoms with E-state index in [0.29, 0.717) is 45.6 Å². The molecule has 1 amide bonds. The van der Waals surface area contributed by atoms with Crippen molar-refractivity contribution in [2.45, 2.75) is 31.5 Å². The molecule has 1 aromatic carbocycles. The van der Waals surface area contributed by atoms with Crippen molar-refractivity contribution in [3.05, 3.63) is 63.5 Å². The van der Waals surface area contributed by atoms with Gasteiger partial charge in [-0.15, -0.1) is 5.10 Å². The number of halogens is 2. The number of nitrogens with one attached hydrogen (secondary N) is 1. The molecule has 1 atom stereocenters. The Kier molecular flexibility index (Phi) is 5.45. The Hall–Kier alpha value is -3.32. The molecule has 1 saturated carbocycles. The zero-order chi connectivity index (χ0) is 22.2. The first-order valence-corrected chi connectivity index (χ1v) is 10.3. The number of benzene rings is 1. The molecule has 0 bridgehead atoms. The van der Waals surface area contributed by atoms with Gasteiger partial charge in [-0.25, -0.2) is 9.37 Å². The van der Waals surface area contributed by atoms with Crippen LogP contribution in [0.5, 0.6) is 6.01 Å². The largest absolute Gasteiger partial charge is 0.466 e. The molecule has 0 radical (unpaired) electrons. The molecule has 2 aromatic heterocycles. The Morgan fingerprint density at radius 1 is 1.39 bits per heavy atom. The fourth-order valence-electron chi connectivity index (χ4n) is 3.14. The molecule has 3 aromatic rings. The van der Waals surface area contributed by atoms with Crippen molar-refractivity contribution in [3.8, 4) is 17.9 Å². The van der Waals surface area contributed by atoms with Crippen LogP contribution < -0.4 is 10.1 Å². The number of carbonyl (C=O) groups excluding carboxylic acids is 1. The van der Waals surface area contributed by atoms with Crippen molar-refractivity contribution in [3.63, 3.8) is 0 Å². The summed E-state index contributed by atoms with van der Waals surface area (Å²) < 4.78 is 21.7. The third-order valence-corrected chi connectivity index (χ3v) is 5.45. The molecule has 2 heterocycles. The van der Waals surface area contributed by atoms with Gasteiger partial charge in [0.2, 0.25) is 0 Å². The number of hydrogen-bond donors (Lipinski definition) is 1. The number of nitrogens with zero attached hydrogens (tertiary/aromatic N) is 5. The van der Waals surface area contributed by atoms with E-state index in [2.05, 4.69) is 36.3 Å². The van der Waals surface area contributed by atoms with Gasteiger partial charge in [0.05, 0.1) is 18.7 Å². The van der Waals surface area contributed by atoms with E-state index < -0.39 is 11.7 Å². The summed E-state index contributed by atoms with van der Waals surface area (Å²) in [5.74, 6) is 0.436. The number of alkyl halides is 1. The molecular formula is C21H18BrFN6O2. The predicted molar refractivity (Wildman–Crippen MR) is 112 cm³/mol. The van der Waals surface area contributed by atoms with Crippen molar-refractivity contribution in [2.24, 2.45) is 0 Å². The number of ether oxygens (including phenoxy) is 1. The summed E-state index contributed by atoms with van der Waals surface area (Å²) in [6.07, 6.45) is 2.34. The lowest BCUT2D eigenvalue weighted by Crippen LogP contribution is -2.29. The van der Waals surface area contributed by atoms with Gasteiger partial charge < -0.3 is 10.1 Å². The van der Waals surface area contributed by atoms with Gasteiger partial charge in [0, 0.05) is 16.2 Å². The minimum absolute atomic E-state index is 0.111. The first kappa shape index (κ1) is 20.9. The van der Waals surface area contributed by atoms with Crippen LogP contribution in [0.4, 0.5) is 4.39 Å². The van der Waals surface area contributed by atoms with Crippen LogP contribution in [0.2, 0.25) is 0 Å². The quantitative estimate of drug-likeness (QED) is 0.570. The number of methoxy groups -OCH3 is 1. The SMILES string of the molecule is COc1nc([C@H](C)NC(=O)c2cc(Br)cc(C3(F)CC3)c2)n(-c2ccc(C#N)cn2)n1. The second-order valence-corrected chi connectivity index (χ2v) is 8.19. The normalized spacial score (nSPS) is 15.1. The minimum Gasteiger partial charge on any atom is -0.466 e. The Labute approximate surface area is 186 Å². The maximum absolute atomic E-state index is 14.5. The van der Waals surface area contributed by atoms with Crippen LogP contribution in [0.25, 0.3) is 5.82 Å². The van der Waals surface area contributed by atoms with E-state index in [4.69, 9.17) is 10.00 Å². The molecule has 8 nitrogen and oxygen atoms in total. The Morgan fingerprint density at radius 3 is 2.77 bits per heavy atom. The molecule has 10 heteroatoms. The van der Waals surface area contributed by atoms with Crippen LogP contribution in [0, 0.1) is 11.3 Å². The number of nitriles is 1. The van der Waals surface area contributed by atoms with Crippen LogP contribution in [-0.4, -0.2) is 32.8 Å². The number of carbonyl (C=O) groups is 1. The zero-order valence-corrected chi connectivity index (χ0v) is 18.4. The number of pyridine rings is 1. The lowest BCUT2D eigenvalue weighted by Gasteiger charge is -2.15. The summed E-state index contributed by atoms with van der Waals surface area (Å²) >= 11 is 3.36. The molecule has 1 N–H and O–H groups in total. The van der Waals surface area contributed by atoms with Crippen LogP contribution in [0.15, 0.2) is 41.0 Å². The van der Waals surface area contributed by atoms with E-state index in [1.165, 1.54) is 18.0 Å². The van der Waals surface area contributed by atoms with E-state index in [9.17, 15) is 9.18 Å². The second kappa shape index (κ2) is 8.07. The van der Waals surface area contributed by atoms with Gasteiger partial charge in [-0.2, -0.15) is 14.9 Å². The van der Waals surface area contributed by atoms with Crippen LogP contribution in [-0.2, 0) is 5.67 Å². The van der Waals surface area contributed by atoms with E-state index in [1.807, 2.05) is 6.07 Å². The molecule has 1 aliphatic carbocycles. The van der Waals surface area contributed by atoms with Crippen molar-refractivity contribution in [1.29, 1.82) is 5.26 Å². The number of amides is 1. The van der Waals surface area contributed by atoms with Crippen molar-refractivity contribution in [1.82, 2.24) is 25.1 Å². The third kappa shape index (κ3) is 4.27. The number of aromatic nitrogens is 4. The molecule has 0 saturated heterocycles. The van der Waals surface area contributed by atoms with E-state index in [0.717, 1.165) is 0 Å². The van der Waals surface area contributed by atoms with Gasteiger partial charge in [0.25, 0.3) is 5.91 Å². The topological polar surface area (TPSA) is 106 Å². The Bertz CT molecular complexity index is 1180. The number of hydrogen-bond acceptors (Lipinski definition) is 6. The monoisotopic (exact) mass is 484 g/mol. The fraction of sp³-hybridized carbons (Fsp3) is 0.286. The second-order valence-electron chi connectivity index (χ2n) is 7.27. The summed E-state index contributed by atoms with van der Waals surface area (Å²) in [4.78, 5) is 21.4. The highest BCUT2D eigenvalue weighted by atomic mass is 79.9. The average Bonchev–Trinajstić information content (AvgIpc) is 3.37. The van der Waals surface area contributed by atoms with Gasteiger partial charge in [-0.1, -0.05) is 15.9 Å². The highest BCUT2D eigenvalue weighted by Crippen LogP contribution is 2.50. The maximum Gasteiger partial charge on any atom is 0.335 e. The number of rotatable bonds is 6. The van der Waals surface area contributed by atoms with Crippen LogP contribution >= 0.6 is 15.9 Å². The lowest BCUT2D eigenvalue weighted by atomic mass is 10.0. The van der Waals surface area contributed by atoms with Gasteiger partial charge >= 0.3 is 6.01 Å². The summed E-state index contributed by atoms with van der Waals surface area (Å²) in [5.41, 5.74) is -0.106. The first-order valence-electron chi connectivity index (χ1n) is 9.51. The van der Waals surface area contributed by atoms with Crippen molar-refractivity contribution < 1.29 is 13.9 Å². The summed E-state index contributed by atoms with van der Waals surface area (Å²) in [5, 5.41) is 16.1. The Balaban J connectivity index is 1.61. The van der Waals surface area contributed by atoms with E-state index >= 15 is 0 Å². The Morgan fingerprint density at radius 2 is 2.16 bits per heavy atom. The highest BCUT2D eigenvalue weighted by Gasteiger charge is 2.45. The van der Waals surface area contributed by atoms with Crippen molar-refractivity contribution in [2.75, 3.05) is 7.11 Å². The smallest absolute Gasteiger partial charge is 0.335 e. The average molecular weight is 485 g/mol. The molecule has 0 aliphatic heterocycles. The molecule has 0 spiro atoms. The molecule has 1 fully saturated rings. The van der Waals surface area contributed by atoms with E-state index in [-0.39, 0.29) is 11.9 Å². The molecule has 4 rings (SSSR count).